The zero-order valence-corrected chi connectivity index (χ0v) is 5.98. The van der Waals surface area contributed by atoms with E-state index in [0.29, 0.717) is 0 Å². The molecule has 1 heterocycles. The monoisotopic (exact) mass is 179 g/mol. The van der Waals surface area contributed by atoms with Gasteiger partial charge in [-0.05, 0) is 0 Å². The molecule has 0 radical (unpaired) electrons. The first-order valence-corrected chi connectivity index (χ1v) is 3.45. The fourth-order valence-electron chi connectivity index (χ4n) is 0.456. The van der Waals surface area contributed by atoms with Crippen LogP contribution in [0.4, 0.5) is 8.78 Å². The number of aromatic nitrogens is 1. The van der Waals surface area contributed by atoms with Crippen LogP contribution in [0.5, 0.6) is 0 Å². The van der Waals surface area contributed by atoms with E-state index >= 15 is 0 Å². The van der Waals surface area contributed by atoms with E-state index in [0.717, 1.165) is 11.3 Å². The summed E-state index contributed by atoms with van der Waals surface area (Å²) in [6.45, 7) is -3.07. The number of ether oxygens (including phenoxy) is 1. The lowest BCUT2D eigenvalue weighted by molar-refractivity contribution is -0.0903. The van der Waals surface area contributed by atoms with Gasteiger partial charge in [0, 0.05) is 0 Å². The fraction of sp³-hybridized carbons (Fsp3) is 0.200. The lowest BCUT2D eigenvalue weighted by Gasteiger charge is -1.97. The Morgan fingerprint density at radius 3 is 2.91 bits per heavy atom. The van der Waals surface area contributed by atoms with Crippen molar-refractivity contribution in [2.45, 2.75) is 6.61 Å². The zero-order chi connectivity index (χ0) is 8.27. The molecule has 0 atom stereocenters. The minimum absolute atomic E-state index is 0.0744. The molecule has 0 bridgehead atoms. The summed E-state index contributed by atoms with van der Waals surface area (Å²) in [5.74, 6) is -1.04. The largest absolute Gasteiger partial charge is 0.399 e. The van der Waals surface area contributed by atoms with Crippen molar-refractivity contribution >= 4 is 17.3 Å². The molecule has 11 heavy (non-hydrogen) atoms. The summed E-state index contributed by atoms with van der Waals surface area (Å²) in [5.41, 5.74) is 1.36. The van der Waals surface area contributed by atoms with E-state index in [-0.39, 0.29) is 4.88 Å². The van der Waals surface area contributed by atoms with Crippen LogP contribution in [0.15, 0.2) is 11.7 Å². The maximum Gasteiger partial charge on any atom is 0.389 e. The highest BCUT2D eigenvalue weighted by atomic mass is 32.1. The van der Waals surface area contributed by atoms with Gasteiger partial charge < -0.3 is 4.74 Å². The summed E-state index contributed by atoms with van der Waals surface area (Å²) >= 11 is 0.954. The van der Waals surface area contributed by atoms with E-state index in [1.807, 2.05) is 0 Å². The summed E-state index contributed by atoms with van der Waals surface area (Å²) in [6, 6.07) is 0. The summed E-state index contributed by atoms with van der Waals surface area (Å²) < 4.78 is 26.4. The first kappa shape index (κ1) is 8.06. The minimum Gasteiger partial charge on any atom is -0.399 e. The van der Waals surface area contributed by atoms with E-state index in [4.69, 9.17) is 0 Å². The zero-order valence-electron chi connectivity index (χ0n) is 5.16. The lowest BCUT2D eigenvalue weighted by Crippen LogP contribution is -2.07. The fourth-order valence-corrected chi connectivity index (χ4v) is 0.957. The van der Waals surface area contributed by atoms with Gasteiger partial charge in [-0.3, -0.25) is 4.98 Å². The van der Waals surface area contributed by atoms with E-state index in [1.54, 1.807) is 0 Å². The second-order valence-corrected chi connectivity index (χ2v) is 2.42. The number of hydrogen-bond donors (Lipinski definition) is 0. The van der Waals surface area contributed by atoms with Gasteiger partial charge in [0.15, 0.2) is 0 Å². The lowest BCUT2D eigenvalue weighted by atomic mass is 10.6. The number of hydrogen-bond acceptors (Lipinski definition) is 4. The smallest absolute Gasteiger partial charge is 0.389 e. The molecule has 0 saturated carbocycles. The summed E-state index contributed by atoms with van der Waals surface area (Å²) in [7, 11) is 0. The standard InChI is InChI=1S/C5H3F2NO2S/c6-5(7)10-4(9)3-1-8-2-11-3/h1-2,5H. The molecule has 0 amide bonds. The first-order valence-electron chi connectivity index (χ1n) is 2.58. The molecule has 1 aromatic heterocycles. The molecule has 60 valence electrons. The Balaban J connectivity index is 2.57. The van der Waals surface area contributed by atoms with Gasteiger partial charge in [0.1, 0.15) is 4.88 Å². The molecule has 0 fully saturated rings. The molecule has 0 saturated heterocycles. The van der Waals surface area contributed by atoms with Crippen LogP contribution < -0.4 is 0 Å². The molecular formula is C5H3F2NO2S. The van der Waals surface area contributed by atoms with E-state index < -0.39 is 12.6 Å². The van der Waals surface area contributed by atoms with Crippen molar-refractivity contribution in [1.29, 1.82) is 0 Å². The number of carbonyl (C=O) groups excluding carboxylic acids is 1. The normalized spacial score (nSPS) is 10.1. The van der Waals surface area contributed by atoms with Gasteiger partial charge in [0.05, 0.1) is 11.7 Å². The Hall–Kier alpha value is -1.04. The van der Waals surface area contributed by atoms with Crippen LogP contribution in [-0.2, 0) is 4.74 Å². The van der Waals surface area contributed by atoms with Crippen molar-refractivity contribution < 1.29 is 18.3 Å². The summed E-state index contributed by atoms with van der Waals surface area (Å²) in [6.07, 6.45) is 1.18. The Morgan fingerprint density at radius 2 is 2.45 bits per heavy atom. The summed E-state index contributed by atoms with van der Waals surface area (Å²) in [5, 5.41) is 0. The van der Waals surface area contributed by atoms with E-state index in [1.165, 1.54) is 11.7 Å². The molecule has 3 nitrogen and oxygen atoms in total. The topological polar surface area (TPSA) is 39.2 Å². The second-order valence-electron chi connectivity index (χ2n) is 1.53. The Labute approximate surface area is 64.6 Å². The van der Waals surface area contributed by atoms with Crippen molar-refractivity contribution in [3.63, 3.8) is 0 Å². The Bertz CT molecular complexity index is 237. The van der Waals surface area contributed by atoms with Crippen LogP contribution in [0.1, 0.15) is 9.67 Å². The average Bonchev–Trinajstić information content (AvgIpc) is 2.35. The Morgan fingerprint density at radius 1 is 1.73 bits per heavy atom. The number of rotatable bonds is 2. The van der Waals surface area contributed by atoms with Crippen LogP contribution in [0.2, 0.25) is 0 Å². The number of carbonyl (C=O) groups is 1. The predicted octanol–water partition coefficient (Wildman–Crippen LogP) is 1.52. The number of alkyl halides is 2. The van der Waals surface area contributed by atoms with E-state index in [9.17, 15) is 13.6 Å². The maximum absolute atomic E-state index is 11.4. The highest BCUT2D eigenvalue weighted by molar-refractivity contribution is 7.11. The molecule has 0 aliphatic carbocycles. The third-order valence-corrected chi connectivity index (χ3v) is 1.58. The molecule has 1 rings (SSSR count). The van der Waals surface area contributed by atoms with E-state index in [2.05, 4.69) is 9.72 Å². The van der Waals surface area contributed by atoms with Crippen molar-refractivity contribution in [3.05, 3.63) is 16.6 Å². The van der Waals surface area contributed by atoms with Crippen LogP contribution in [-0.4, -0.2) is 17.6 Å². The second kappa shape index (κ2) is 3.38. The van der Waals surface area contributed by atoms with Crippen LogP contribution in [0.3, 0.4) is 0 Å². The molecular weight excluding hydrogens is 176 g/mol. The maximum atomic E-state index is 11.4. The van der Waals surface area contributed by atoms with Crippen molar-refractivity contribution in [2.75, 3.05) is 0 Å². The van der Waals surface area contributed by atoms with Gasteiger partial charge in [0.25, 0.3) is 0 Å². The predicted molar refractivity (Wildman–Crippen MR) is 33.5 cm³/mol. The van der Waals surface area contributed by atoms with Gasteiger partial charge in [0.2, 0.25) is 0 Å². The van der Waals surface area contributed by atoms with Gasteiger partial charge >= 0.3 is 12.6 Å². The molecule has 0 N–H and O–H groups in total. The number of halogens is 2. The Kier molecular flexibility index (Phi) is 2.48. The van der Waals surface area contributed by atoms with Gasteiger partial charge in [-0.1, -0.05) is 0 Å². The number of esters is 1. The third-order valence-electron chi connectivity index (χ3n) is 0.830. The molecule has 0 aliphatic heterocycles. The highest BCUT2D eigenvalue weighted by Crippen LogP contribution is 2.09. The number of nitrogens with zero attached hydrogens (tertiary/aromatic N) is 1. The SMILES string of the molecule is O=C(OC(F)F)c1cncs1. The summed E-state index contributed by atoms with van der Waals surface area (Å²) in [4.78, 5) is 14.2. The first-order chi connectivity index (χ1) is 5.20. The molecule has 1 aromatic rings. The molecule has 0 spiro atoms. The van der Waals surface area contributed by atoms with Crippen molar-refractivity contribution in [3.8, 4) is 0 Å². The molecule has 6 heteroatoms. The third kappa shape index (κ3) is 2.23. The molecule has 0 unspecified atom stereocenters. The van der Waals surface area contributed by atoms with Crippen LogP contribution >= 0.6 is 11.3 Å². The molecule has 0 aromatic carbocycles. The molecule has 0 aliphatic rings. The average molecular weight is 179 g/mol. The van der Waals surface area contributed by atoms with Crippen molar-refractivity contribution in [2.24, 2.45) is 0 Å². The highest BCUT2D eigenvalue weighted by Gasteiger charge is 2.13. The number of thiazole rings is 1. The van der Waals surface area contributed by atoms with Crippen LogP contribution in [0, 0.1) is 0 Å². The van der Waals surface area contributed by atoms with Crippen LogP contribution in [0.25, 0.3) is 0 Å². The van der Waals surface area contributed by atoms with Gasteiger partial charge in [-0.15, -0.1) is 11.3 Å². The quantitative estimate of drug-likeness (QED) is 0.646. The van der Waals surface area contributed by atoms with Gasteiger partial charge in [-0.2, -0.15) is 8.78 Å². The van der Waals surface area contributed by atoms with Gasteiger partial charge in [-0.25, -0.2) is 4.79 Å². The van der Waals surface area contributed by atoms with Crippen molar-refractivity contribution in [1.82, 2.24) is 4.98 Å². The minimum atomic E-state index is -3.07.